The summed E-state index contributed by atoms with van der Waals surface area (Å²) in [5, 5.41) is 12.3. The van der Waals surface area contributed by atoms with Crippen molar-refractivity contribution in [3.8, 4) is 5.75 Å². The Bertz CT molecular complexity index is 340. The number of benzene rings is 1. The minimum Gasteiger partial charge on any atom is -0.492 e. The number of nitrogens with one attached hydrogen (secondary N) is 1. The molecule has 0 aliphatic rings. The van der Waals surface area contributed by atoms with Gasteiger partial charge < -0.3 is 20.9 Å². The van der Waals surface area contributed by atoms with E-state index in [-0.39, 0.29) is 6.10 Å². The third kappa shape index (κ3) is 5.06. The van der Waals surface area contributed by atoms with E-state index in [1.165, 1.54) is 5.56 Å². The molecule has 0 aliphatic heterocycles. The number of ether oxygens (including phenoxy) is 1. The maximum atomic E-state index is 9.09. The predicted octanol–water partition coefficient (Wildman–Crippen LogP) is 1.18. The normalized spacial score (nSPS) is 12.4. The maximum absolute atomic E-state index is 9.09. The minimum atomic E-state index is -0.305. The fourth-order valence-electron chi connectivity index (χ4n) is 1.58. The number of aliphatic hydroxyl groups excluding tert-OH is 1. The summed E-state index contributed by atoms with van der Waals surface area (Å²) >= 11 is 0. The Labute approximate surface area is 103 Å². The molecule has 17 heavy (non-hydrogen) atoms. The number of nitrogens with two attached hydrogens (primary N) is 1. The molecule has 1 rings (SSSR count). The molecule has 0 amide bonds. The van der Waals surface area contributed by atoms with Crippen molar-refractivity contribution < 1.29 is 9.84 Å². The third-order valence-electron chi connectivity index (χ3n) is 2.40. The molecule has 0 saturated carbocycles. The number of hydrogen-bond donors (Lipinski definition) is 3. The van der Waals surface area contributed by atoms with Crippen LogP contribution in [0.15, 0.2) is 18.2 Å². The monoisotopic (exact) mass is 238 g/mol. The van der Waals surface area contributed by atoms with Crippen LogP contribution in [0.2, 0.25) is 0 Å². The van der Waals surface area contributed by atoms with E-state index in [0.29, 0.717) is 18.8 Å². The van der Waals surface area contributed by atoms with Crippen LogP contribution in [0.25, 0.3) is 0 Å². The lowest BCUT2D eigenvalue weighted by molar-refractivity contribution is 0.191. The van der Waals surface area contributed by atoms with Crippen LogP contribution >= 0.6 is 0 Å². The molecule has 0 bridgehead atoms. The van der Waals surface area contributed by atoms with Gasteiger partial charge in [0, 0.05) is 6.54 Å². The van der Waals surface area contributed by atoms with Gasteiger partial charge in [-0.15, -0.1) is 0 Å². The number of aliphatic hydroxyl groups is 1. The van der Waals surface area contributed by atoms with Crippen LogP contribution in [0, 0.1) is 0 Å². The highest BCUT2D eigenvalue weighted by molar-refractivity contribution is 5.54. The highest BCUT2D eigenvalue weighted by Crippen LogP contribution is 2.22. The van der Waals surface area contributed by atoms with Gasteiger partial charge in [0.1, 0.15) is 5.75 Å². The van der Waals surface area contributed by atoms with Gasteiger partial charge >= 0.3 is 0 Å². The van der Waals surface area contributed by atoms with Crippen LogP contribution in [0.3, 0.4) is 0 Å². The molecule has 4 nitrogen and oxygen atoms in total. The lowest BCUT2D eigenvalue weighted by Crippen LogP contribution is -2.26. The molecule has 0 heterocycles. The Morgan fingerprint density at radius 2 is 2.24 bits per heavy atom. The molecule has 1 atom stereocenters. The Kier molecular flexibility index (Phi) is 5.80. The van der Waals surface area contributed by atoms with Crippen LogP contribution in [0.1, 0.15) is 19.4 Å². The fraction of sp³-hybridized carbons (Fsp3) is 0.538. The topological polar surface area (TPSA) is 67.5 Å². The summed E-state index contributed by atoms with van der Waals surface area (Å²) in [5.74, 6) is 0.744. The second-order valence-corrected chi connectivity index (χ2v) is 4.11. The summed E-state index contributed by atoms with van der Waals surface area (Å²) < 4.78 is 5.38. The number of nitrogen functional groups attached to an aromatic ring is 1. The first-order chi connectivity index (χ1) is 8.13. The van der Waals surface area contributed by atoms with Crippen molar-refractivity contribution >= 4 is 5.69 Å². The molecular formula is C13H22N2O2. The first-order valence-corrected chi connectivity index (χ1v) is 6.03. The molecule has 0 fully saturated rings. The van der Waals surface area contributed by atoms with Crippen molar-refractivity contribution in [2.24, 2.45) is 0 Å². The molecule has 4 heteroatoms. The van der Waals surface area contributed by atoms with Gasteiger partial charge in [-0.3, -0.25) is 0 Å². The molecule has 0 radical (unpaired) electrons. The van der Waals surface area contributed by atoms with Crippen molar-refractivity contribution in [1.29, 1.82) is 0 Å². The summed E-state index contributed by atoms with van der Waals surface area (Å²) in [4.78, 5) is 0. The van der Waals surface area contributed by atoms with Gasteiger partial charge in [-0.1, -0.05) is 6.07 Å². The highest BCUT2D eigenvalue weighted by Gasteiger charge is 2.01. The van der Waals surface area contributed by atoms with E-state index in [1.54, 1.807) is 6.92 Å². The first kappa shape index (κ1) is 13.8. The maximum Gasteiger partial charge on any atom is 0.142 e. The van der Waals surface area contributed by atoms with E-state index in [1.807, 2.05) is 25.1 Å². The Balaban J connectivity index is 2.41. The second kappa shape index (κ2) is 7.14. The summed E-state index contributed by atoms with van der Waals surface area (Å²) in [5.41, 5.74) is 7.73. The van der Waals surface area contributed by atoms with Gasteiger partial charge in [-0.05, 0) is 44.5 Å². The average Bonchev–Trinajstić information content (AvgIpc) is 2.28. The van der Waals surface area contributed by atoms with Crippen molar-refractivity contribution in [2.45, 2.75) is 26.4 Å². The van der Waals surface area contributed by atoms with E-state index in [2.05, 4.69) is 5.32 Å². The van der Waals surface area contributed by atoms with Crippen molar-refractivity contribution in [3.05, 3.63) is 23.8 Å². The highest BCUT2D eigenvalue weighted by atomic mass is 16.5. The number of rotatable bonds is 7. The largest absolute Gasteiger partial charge is 0.492 e. The molecule has 4 N–H and O–H groups in total. The summed E-state index contributed by atoms with van der Waals surface area (Å²) in [6.07, 6.45) is 0.587. The SMILES string of the molecule is CCOc1ccc(CCNCC(C)O)cc1N. The minimum absolute atomic E-state index is 0.305. The summed E-state index contributed by atoms with van der Waals surface area (Å²) in [6.45, 7) is 5.78. The van der Waals surface area contributed by atoms with Crippen LogP contribution in [-0.4, -0.2) is 30.9 Å². The van der Waals surface area contributed by atoms with Crippen molar-refractivity contribution in [3.63, 3.8) is 0 Å². The van der Waals surface area contributed by atoms with Crippen molar-refractivity contribution in [2.75, 3.05) is 25.4 Å². The quantitative estimate of drug-likeness (QED) is 0.493. The molecule has 0 spiro atoms. The lowest BCUT2D eigenvalue weighted by atomic mass is 10.1. The van der Waals surface area contributed by atoms with Gasteiger partial charge in [-0.2, -0.15) is 0 Å². The van der Waals surface area contributed by atoms with E-state index in [9.17, 15) is 0 Å². The standard InChI is InChI=1S/C13H22N2O2/c1-3-17-13-5-4-11(8-12(13)14)6-7-15-9-10(2)16/h4-5,8,10,15-16H,3,6-7,9,14H2,1-2H3. The fourth-order valence-corrected chi connectivity index (χ4v) is 1.58. The first-order valence-electron chi connectivity index (χ1n) is 6.03. The second-order valence-electron chi connectivity index (χ2n) is 4.11. The van der Waals surface area contributed by atoms with E-state index < -0.39 is 0 Å². The summed E-state index contributed by atoms with van der Waals surface area (Å²) in [6, 6.07) is 5.86. The van der Waals surface area contributed by atoms with Crippen LogP contribution in [0.5, 0.6) is 5.75 Å². The van der Waals surface area contributed by atoms with E-state index in [4.69, 9.17) is 15.6 Å². The zero-order valence-corrected chi connectivity index (χ0v) is 10.6. The average molecular weight is 238 g/mol. The lowest BCUT2D eigenvalue weighted by Gasteiger charge is -2.10. The van der Waals surface area contributed by atoms with Gasteiger partial charge in [-0.25, -0.2) is 0 Å². The van der Waals surface area contributed by atoms with Gasteiger partial charge in [0.25, 0.3) is 0 Å². The molecule has 96 valence electrons. The van der Waals surface area contributed by atoms with Gasteiger partial charge in [0.15, 0.2) is 0 Å². The number of anilines is 1. The molecule has 0 saturated heterocycles. The van der Waals surface area contributed by atoms with Gasteiger partial charge in [0.05, 0.1) is 18.4 Å². The van der Waals surface area contributed by atoms with Crippen LogP contribution in [0.4, 0.5) is 5.69 Å². The van der Waals surface area contributed by atoms with Crippen LogP contribution < -0.4 is 15.8 Å². The molecule has 0 aromatic heterocycles. The Morgan fingerprint density at radius 1 is 1.47 bits per heavy atom. The third-order valence-corrected chi connectivity index (χ3v) is 2.40. The van der Waals surface area contributed by atoms with E-state index in [0.717, 1.165) is 18.7 Å². The van der Waals surface area contributed by atoms with Crippen molar-refractivity contribution in [1.82, 2.24) is 5.32 Å². The molecule has 0 aliphatic carbocycles. The van der Waals surface area contributed by atoms with Gasteiger partial charge in [0.2, 0.25) is 0 Å². The molecule has 1 aromatic rings. The molecule has 1 unspecified atom stereocenters. The molecule has 1 aromatic carbocycles. The summed E-state index contributed by atoms with van der Waals surface area (Å²) in [7, 11) is 0. The Morgan fingerprint density at radius 3 is 2.82 bits per heavy atom. The Hall–Kier alpha value is -1.26. The predicted molar refractivity (Wildman–Crippen MR) is 70.3 cm³/mol. The molecular weight excluding hydrogens is 216 g/mol. The van der Waals surface area contributed by atoms with Crippen LogP contribution in [-0.2, 0) is 6.42 Å². The number of hydrogen-bond acceptors (Lipinski definition) is 4. The zero-order chi connectivity index (χ0) is 12.7. The van der Waals surface area contributed by atoms with E-state index >= 15 is 0 Å². The zero-order valence-electron chi connectivity index (χ0n) is 10.6. The smallest absolute Gasteiger partial charge is 0.142 e.